The number of primary amides is 1. The number of carbonyl (C=O) groups is 1. The van der Waals surface area contributed by atoms with Gasteiger partial charge in [-0.25, -0.2) is 4.98 Å². The third kappa shape index (κ3) is 2.90. The predicted molar refractivity (Wildman–Crippen MR) is 64.7 cm³/mol. The van der Waals surface area contributed by atoms with E-state index in [4.69, 9.17) is 15.0 Å². The van der Waals surface area contributed by atoms with E-state index in [2.05, 4.69) is 15.2 Å². The van der Waals surface area contributed by atoms with E-state index in [1.54, 1.807) is 0 Å². The van der Waals surface area contributed by atoms with E-state index in [1.165, 1.54) is 0 Å². The first-order chi connectivity index (χ1) is 9.04. The van der Waals surface area contributed by atoms with Crippen molar-refractivity contribution in [2.45, 2.75) is 24.4 Å². The molecule has 1 amide bonds. The van der Waals surface area contributed by atoms with Gasteiger partial charge >= 0.3 is 0 Å². The summed E-state index contributed by atoms with van der Waals surface area (Å²) in [6.07, 6.45) is -3.83. The molecule has 1 fully saturated rings. The van der Waals surface area contributed by atoms with Gasteiger partial charge in [0.25, 0.3) is 5.91 Å². The highest BCUT2D eigenvalue weighted by atomic mass is 31.1. The van der Waals surface area contributed by atoms with Gasteiger partial charge in [-0.2, -0.15) is 0 Å². The predicted octanol–water partition coefficient (Wildman–Crippen LogP) is -1.69. The molecule has 19 heavy (non-hydrogen) atoms. The van der Waals surface area contributed by atoms with Gasteiger partial charge in [0.2, 0.25) is 5.82 Å². The van der Waals surface area contributed by atoms with Gasteiger partial charge < -0.3 is 25.2 Å². The molecule has 0 spiro atoms. The fourth-order valence-electron chi connectivity index (χ4n) is 1.79. The zero-order valence-electron chi connectivity index (χ0n) is 10.1. The number of aliphatic hydroxyl groups excluding tert-OH is 2. The monoisotopic (exact) mass is 290 g/mol. The van der Waals surface area contributed by atoms with Crippen LogP contribution in [0.2, 0.25) is 0 Å². The van der Waals surface area contributed by atoms with Crippen LogP contribution in [0.1, 0.15) is 22.5 Å². The van der Waals surface area contributed by atoms with Crippen LogP contribution in [-0.4, -0.2) is 62.9 Å². The molecule has 0 aliphatic carbocycles. The smallest absolute Gasteiger partial charge is 0.288 e. The van der Waals surface area contributed by atoms with Crippen molar-refractivity contribution in [2.75, 3.05) is 13.3 Å². The van der Waals surface area contributed by atoms with Crippen molar-refractivity contribution in [1.29, 1.82) is 0 Å². The van der Waals surface area contributed by atoms with Crippen LogP contribution in [0.5, 0.6) is 0 Å². The molecule has 2 heterocycles. The quantitative estimate of drug-likeness (QED) is 0.473. The maximum absolute atomic E-state index is 10.9. The third-order valence-corrected chi connectivity index (χ3v) is 3.20. The minimum absolute atomic E-state index is 0.141. The highest BCUT2D eigenvalue weighted by Crippen LogP contribution is 2.32. The van der Waals surface area contributed by atoms with Crippen LogP contribution in [-0.2, 0) is 9.26 Å². The Morgan fingerprint density at radius 3 is 2.89 bits per heavy atom. The highest BCUT2D eigenvalue weighted by Gasteiger charge is 2.45. The van der Waals surface area contributed by atoms with Gasteiger partial charge in [-0.15, -0.1) is 5.10 Å². The number of carbonyl (C=O) groups excluding carboxylic acids is 1. The van der Waals surface area contributed by atoms with Crippen molar-refractivity contribution in [1.82, 2.24) is 15.2 Å². The lowest BCUT2D eigenvalue weighted by Crippen LogP contribution is -2.32. The van der Waals surface area contributed by atoms with Crippen LogP contribution in [0.15, 0.2) is 0 Å². The van der Waals surface area contributed by atoms with Crippen molar-refractivity contribution in [3.05, 3.63) is 11.6 Å². The van der Waals surface area contributed by atoms with Crippen LogP contribution < -0.4 is 5.73 Å². The SMILES string of the molecule is CPOC[C@H]1O[C@@H](c2nc(C(N)=O)n[nH]2)[C@H](O)[C@@H]1O. The van der Waals surface area contributed by atoms with Gasteiger partial charge in [0.1, 0.15) is 24.4 Å². The minimum atomic E-state index is -1.18. The lowest BCUT2D eigenvalue weighted by atomic mass is 10.1. The number of aliphatic hydroxyl groups is 2. The van der Waals surface area contributed by atoms with Crippen LogP contribution in [0.4, 0.5) is 0 Å². The maximum Gasteiger partial charge on any atom is 0.288 e. The number of H-pyrrole nitrogens is 1. The summed E-state index contributed by atoms with van der Waals surface area (Å²) in [7, 11) is 0.256. The summed E-state index contributed by atoms with van der Waals surface area (Å²) in [4.78, 5) is 14.7. The Hall–Kier alpha value is -1.12. The summed E-state index contributed by atoms with van der Waals surface area (Å²) in [5, 5.41) is 25.8. The molecule has 10 heteroatoms. The van der Waals surface area contributed by atoms with Gasteiger partial charge in [-0.05, 0) is 6.66 Å². The molecular formula is C9H15N4O5P. The normalized spacial score (nSPS) is 31.3. The van der Waals surface area contributed by atoms with Crippen LogP contribution in [0, 0.1) is 0 Å². The summed E-state index contributed by atoms with van der Waals surface area (Å²) >= 11 is 0. The number of aromatic nitrogens is 3. The van der Waals surface area contributed by atoms with Gasteiger partial charge in [-0.1, -0.05) is 0 Å². The van der Waals surface area contributed by atoms with Gasteiger partial charge in [-0.3, -0.25) is 9.89 Å². The average Bonchev–Trinajstić information content (AvgIpc) is 2.95. The molecule has 1 saturated heterocycles. The first-order valence-corrected chi connectivity index (χ1v) is 6.97. The number of nitrogens with zero attached hydrogens (tertiary/aromatic N) is 2. The summed E-state index contributed by atoms with van der Waals surface area (Å²) < 4.78 is 10.6. The number of amides is 1. The Morgan fingerprint density at radius 2 is 2.32 bits per heavy atom. The van der Waals surface area contributed by atoms with Crippen molar-refractivity contribution in [3.63, 3.8) is 0 Å². The molecule has 106 valence electrons. The van der Waals surface area contributed by atoms with Crippen molar-refractivity contribution in [2.24, 2.45) is 5.73 Å². The van der Waals surface area contributed by atoms with E-state index in [0.717, 1.165) is 0 Å². The van der Waals surface area contributed by atoms with E-state index in [9.17, 15) is 15.0 Å². The van der Waals surface area contributed by atoms with Crippen molar-refractivity contribution in [3.8, 4) is 0 Å². The standard InChI is InChI=1S/C9H15N4O5P/c1-19-17-2-3-4(14)5(15)6(18-3)8-11-9(7(10)16)13-12-8/h3-6,14-15,19H,2H2,1H3,(H2,10,16)(H,11,12,13)/t3-,4-,5-,6-/m1/s1. The molecule has 5 N–H and O–H groups in total. The van der Waals surface area contributed by atoms with Crippen LogP contribution >= 0.6 is 8.81 Å². The second-order valence-electron chi connectivity index (χ2n) is 4.00. The van der Waals surface area contributed by atoms with Crippen molar-refractivity contribution >= 4 is 14.7 Å². The van der Waals surface area contributed by atoms with E-state index in [-0.39, 0.29) is 27.1 Å². The lowest BCUT2D eigenvalue weighted by molar-refractivity contribution is -0.0168. The number of hydrogen-bond acceptors (Lipinski definition) is 7. The van der Waals surface area contributed by atoms with Gasteiger partial charge in [0, 0.05) is 8.81 Å². The summed E-state index contributed by atoms with van der Waals surface area (Å²) in [6.45, 7) is 2.01. The molecular weight excluding hydrogens is 275 g/mol. The third-order valence-electron chi connectivity index (χ3n) is 2.75. The van der Waals surface area contributed by atoms with Crippen LogP contribution in [0.25, 0.3) is 0 Å². The van der Waals surface area contributed by atoms with Crippen LogP contribution in [0.3, 0.4) is 0 Å². The molecule has 0 bridgehead atoms. The molecule has 0 aromatic carbocycles. The maximum atomic E-state index is 10.9. The minimum Gasteiger partial charge on any atom is -0.387 e. The molecule has 1 aliphatic heterocycles. The number of nitrogens with two attached hydrogens (primary N) is 1. The molecule has 0 saturated carbocycles. The number of hydrogen-bond donors (Lipinski definition) is 4. The van der Waals surface area contributed by atoms with E-state index < -0.39 is 30.3 Å². The Bertz CT molecular complexity index is 456. The molecule has 9 nitrogen and oxygen atoms in total. The topological polar surface area (TPSA) is 144 Å². The Labute approximate surface area is 110 Å². The van der Waals surface area contributed by atoms with Gasteiger partial charge in [0.15, 0.2) is 5.82 Å². The number of ether oxygens (including phenoxy) is 1. The number of nitrogens with one attached hydrogen (secondary N) is 1. The van der Waals surface area contributed by atoms with E-state index >= 15 is 0 Å². The fourth-order valence-corrected chi connectivity index (χ4v) is 2.12. The molecule has 5 atom stereocenters. The number of aromatic amines is 1. The zero-order valence-corrected chi connectivity index (χ0v) is 11.1. The Kier molecular flexibility index (Phi) is 4.43. The Morgan fingerprint density at radius 1 is 1.58 bits per heavy atom. The molecule has 1 aliphatic rings. The van der Waals surface area contributed by atoms with E-state index in [0.29, 0.717) is 0 Å². The molecule has 1 aromatic rings. The second kappa shape index (κ2) is 5.89. The fraction of sp³-hybridized carbons (Fsp3) is 0.667. The summed E-state index contributed by atoms with van der Waals surface area (Å²) in [5.74, 6) is -0.848. The summed E-state index contributed by atoms with van der Waals surface area (Å²) in [5.41, 5.74) is 5.03. The molecule has 2 rings (SSSR count). The second-order valence-corrected chi connectivity index (χ2v) is 4.70. The number of rotatable bonds is 5. The average molecular weight is 290 g/mol. The van der Waals surface area contributed by atoms with Crippen molar-refractivity contribution < 1.29 is 24.3 Å². The first kappa shape index (κ1) is 14.3. The van der Waals surface area contributed by atoms with Gasteiger partial charge in [0.05, 0.1) is 6.61 Å². The summed E-state index contributed by atoms with van der Waals surface area (Å²) in [6, 6.07) is 0. The lowest BCUT2D eigenvalue weighted by Gasteiger charge is -2.13. The largest absolute Gasteiger partial charge is 0.387 e. The van der Waals surface area contributed by atoms with E-state index in [1.807, 2.05) is 6.66 Å². The highest BCUT2D eigenvalue weighted by molar-refractivity contribution is 7.31. The molecule has 1 unspecified atom stereocenters. The zero-order chi connectivity index (χ0) is 14.0. The first-order valence-electron chi connectivity index (χ1n) is 5.56. The molecule has 0 radical (unpaired) electrons. The Balaban J connectivity index is 2.09. The molecule has 1 aromatic heterocycles.